The van der Waals surface area contributed by atoms with Crippen molar-refractivity contribution in [3.63, 3.8) is 0 Å². The number of ether oxygens (including phenoxy) is 8. The summed E-state index contributed by atoms with van der Waals surface area (Å²) in [6.45, 7) is -3.78. The van der Waals surface area contributed by atoms with Crippen molar-refractivity contribution < 1.29 is 156 Å². The van der Waals surface area contributed by atoms with Gasteiger partial charge in [-0.3, -0.25) is 54.3 Å². The number of carbonyl (C=O) groups excluding carboxylic acids is 8. The number of nitro benzene ring substituents is 3. The van der Waals surface area contributed by atoms with Crippen LogP contribution in [0.1, 0.15) is 87.3 Å². The Kier molecular flexibility index (Phi) is 30.8. The smallest absolute Gasteiger partial charge is 0.407 e. The first-order chi connectivity index (χ1) is 46.3. The number of amides is 1. The van der Waals surface area contributed by atoms with E-state index in [9.17, 15) is 134 Å². The quantitative estimate of drug-likeness (QED) is 0.0276. The maximum absolute atomic E-state index is 12.7. The molecule has 4 bridgehead atoms. The number of benzene rings is 3. The lowest BCUT2D eigenvalue weighted by Crippen LogP contribution is -2.58. The van der Waals surface area contributed by atoms with Gasteiger partial charge in [0.2, 0.25) is 0 Å². The van der Waals surface area contributed by atoms with E-state index in [1.54, 1.807) is 6.07 Å². The summed E-state index contributed by atoms with van der Waals surface area (Å²) in [5, 5.41) is 35.0. The molecule has 7 rings (SSSR count). The third kappa shape index (κ3) is 31.4. The van der Waals surface area contributed by atoms with Gasteiger partial charge in [-0.15, -0.1) is 0 Å². The number of rotatable bonds is 35. The Labute approximate surface area is 568 Å². The van der Waals surface area contributed by atoms with Crippen LogP contribution in [0.15, 0.2) is 72.8 Å². The Balaban J connectivity index is 0.000000318. The zero-order valence-corrected chi connectivity index (χ0v) is 55.9. The molecule has 100 heavy (non-hydrogen) atoms. The van der Waals surface area contributed by atoms with Crippen molar-refractivity contribution in [1.82, 2.24) is 5.32 Å². The van der Waals surface area contributed by atoms with Crippen LogP contribution in [0.5, 0.6) is 0 Å². The number of carbonyl (C=O) groups is 8. The molecule has 1 amide bonds. The van der Waals surface area contributed by atoms with Crippen molar-refractivity contribution >= 4 is 116 Å². The monoisotopic (exact) mass is 1520 g/mol. The van der Waals surface area contributed by atoms with Gasteiger partial charge < -0.3 is 66.0 Å². The van der Waals surface area contributed by atoms with E-state index in [0.29, 0.717) is 24.8 Å². The third-order valence-electron chi connectivity index (χ3n) is 14.4. The lowest BCUT2D eigenvalue weighted by atomic mass is 9.47. The fraction of sp³-hybridized carbons (Fsp3) is 0.519. The van der Waals surface area contributed by atoms with Crippen LogP contribution in [-0.4, -0.2) is 194 Å². The highest BCUT2D eigenvalue weighted by molar-refractivity contribution is 7.87. The van der Waals surface area contributed by atoms with E-state index < -0.39 is 224 Å². The van der Waals surface area contributed by atoms with E-state index in [2.05, 4.69) is 18.9 Å². The molecule has 4 saturated carbocycles. The van der Waals surface area contributed by atoms with Crippen molar-refractivity contribution in [3.8, 4) is 0 Å². The molecule has 3 aromatic carbocycles. The Morgan fingerprint density at radius 3 is 1.26 bits per heavy atom. The fourth-order valence-corrected chi connectivity index (χ4v) is 12.5. The largest absolute Gasteiger partial charge is 0.748 e. The molecule has 0 radical (unpaired) electrons. The predicted molar refractivity (Wildman–Crippen MR) is 321 cm³/mol. The molecular weight excluding hydrogens is 1460 g/mol. The minimum absolute atomic E-state index is 0.0673. The number of alkyl carbamates (subject to hydrolysis) is 1. The Bertz CT molecular complexity index is 4100. The number of esters is 7. The topological polar surface area (TPSA) is 638 Å². The number of nitrogens with one attached hydrogen (secondary N) is 1. The standard InChI is InChI=1S/C21H25NO9S.C17H22N2O14S2.C16H19NO14S2/c23-18(30-11-16-3-1-2-4-17(16)22(25)26)10-20-6-14-5-15(7-20)9-21(8-14,13-20)31-19(24)12-32(27,28)29;20-15(33-11-12-3-1-2-4-14(12)19(23)24)6-5-13(16(21)31-7-9-34(25,26)27)18-17(22)32-8-10-35(28,29)30;18-14(30-9-11-3-1-2-4-12(11)17(21)22)6-5-13(31-15(19)10-33(26,27)28)16(20)29-7-8-32(23,24)25/h1-4,14-15H,5-13H2,(H,27,28,29);1-4,13H,5-11H2,(H,18,22)(H,25,26,27)(H,28,29,30);1-4,13H,5-10H2,(H,23,24,25)(H,26,27,28)/p-5. The van der Waals surface area contributed by atoms with Gasteiger partial charge >= 0.3 is 47.9 Å². The summed E-state index contributed by atoms with van der Waals surface area (Å²) in [7, 11) is -23.9. The third-order valence-corrected chi connectivity index (χ3v) is 17.6. The molecule has 41 nitrogen and oxygen atoms in total. The van der Waals surface area contributed by atoms with Crippen LogP contribution >= 0.6 is 0 Å². The Hall–Kier alpha value is -9.03. The molecule has 4 aliphatic carbocycles. The normalized spacial score (nSPS) is 18.2. The lowest BCUT2D eigenvalue weighted by molar-refractivity contribution is -0.386. The Morgan fingerprint density at radius 2 is 0.850 bits per heavy atom. The molecule has 3 aromatic rings. The van der Waals surface area contributed by atoms with Gasteiger partial charge in [-0.05, 0) is 80.4 Å². The molecule has 0 aliphatic heterocycles. The molecule has 554 valence electrons. The minimum atomic E-state index is -5.06. The van der Waals surface area contributed by atoms with E-state index >= 15 is 0 Å². The lowest BCUT2D eigenvalue weighted by Gasteiger charge is -2.61. The first kappa shape index (κ1) is 83.4. The summed E-state index contributed by atoms with van der Waals surface area (Å²) in [6.07, 6.45) is -1.34. The summed E-state index contributed by atoms with van der Waals surface area (Å²) in [6, 6.07) is 15.3. The summed E-state index contributed by atoms with van der Waals surface area (Å²) < 4.78 is 199. The molecule has 0 spiro atoms. The fourth-order valence-electron chi connectivity index (χ4n) is 10.9. The number of hydrogen-bond acceptors (Lipinski definition) is 37. The summed E-state index contributed by atoms with van der Waals surface area (Å²) in [4.78, 5) is 127. The van der Waals surface area contributed by atoms with Crippen molar-refractivity contribution in [3.05, 3.63) is 120 Å². The van der Waals surface area contributed by atoms with Crippen molar-refractivity contribution in [2.75, 3.05) is 48.6 Å². The van der Waals surface area contributed by atoms with Crippen LogP contribution in [0.2, 0.25) is 0 Å². The second kappa shape index (κ2) is 36.9. The summed E-state index contributed by atoms with van der Waals surface area (Å²) in [5.74, 6) is -13.3. The van der Waals surface area contributed by atoms with Crippen molar-refractivity contribution in [1.29, 1.82) is 0 Å². The van der Waals surface area contributed by atoms with E-state index in [4.69, 9.17) is 18.9 Å². The average molecular weight is 1520 g/mol. The molecule has 4 fully saturated rings. The van der Waals surface area contributed by atoms with Crippen LogP contribution in [0, 0.1) is 47.6 Å². The van der Waals surface area contributed by atoms with Crippen LogP contribution in [-0.2, 0) is 142 Å². The molecule has 46 heteroatoms. The first-order valence-electron chi connectivity index (χ1n) is 28.8. The molecule has 4 unspecified atom stereocenters. The van der Waals surface area contributed by atoms with E-state index in [1.807, 2.05) is 5.32 Å². The van der Waals surface area contributed by atoms with E-state index in [-0.39, 0.29) is 53.1 Å². The van der Waals surface area contributed by atoms with Gasteiger partial charge in [0, 0.05) is 37.5 Å². The van der Waals surface area contributed by atoms with Crippen molar-refractivity contribution in [2.24, 2.45) is 17.3 Å². The molecule has 0 saturated heterocycles. The highest BCUT2D eigenvalue weighted by Crippen LogP contribution is 2.64. The highest BCUT2D eigenvalue weighted by Gasteiger charge is 2.60. The first-order valence-corrected chi connectivity index (χ1v) is 36.7. The second-order valence-corrected chi connectivity index (χ2v) is 29.7. The Morgan fingerprint density at radius 1 is 0.470 bits per heavy atom. The molecule has 1 N–H and O–H groups in total. The highest BCUT2D eigenvalue weighted by atomic mass is 32.2. The van der Waals surface area contributed by atoms with Crippen molar-refractivity contribution in [2.45, 2.75) is 108 Å². The number of nitrogens with zero attached hydrogens (tertiary/aromatic N) is 3. The van der Waals surface area contributed by atoms with Gasteiger partial charge in [0.15, 0.2) is 6.10 Å². The molecule has 0 heterocycles. The molecule has 4 aliphatic rings. The number of hydrogen-bond donors (Lipinski definition) is 1. The van der Waals surface area contributed by atoms with Crippen LogP contribution < -0.4 is 5.32 Å². The van der Waals surface area contributed by atoms with Crippen LogP contribution in [0.4, 0.5) is 21.9 Å². The van der Waals surface area contributed by atoms with Crippen LogP contribution in [0.25, 0.3) is 0 Å². The van der Waals surface area contributed by atoms with Gasteiger partial charge in [0.1, 0.15) is 83.0 Å². The second-order valence-electron chi connectivity index (χ2n) is 22.3. The summed E-state index contributed by atoms with van der Waals surface area (Å²) >= 11 is 0. The molecule has 4 atom stereocenters. The minimum Gasteiger partial charge on any atom is -0.748 e. The van der Waals surface area contributed by atoms with Crippen LogP contribution in [0.3, 0.4) is 0 Å². The van der Waals surface area contributed by atoms with E-state index in [0.717, 1.165) is 19.3 Å². The van der Waals surface area contributed by atoms with Gasteiger partial charge in [-0.25, -0.2) is 56.5 Å². The maximum atomic E-state index is 12.7. The predicted octanol–water partition coefficient (Wildman–Crippen LogP) is 0.566. The summed E-state index contributed by atoms with van der Waals surface area (Å²) in [5.41, 5.74) is -1.54. The van der Waals surface area contributed by atoms with Gasteiger partial charge in [0.25, 0.3) is 17.1 Å². The van der Waals surface area contributed by atoms with E-state index in [1.165, 1.54) is 66.7 Å². The van der Waals surface area contributed by atoms with Gasteiger partial charge in [-0.1, -0.05) is 36.4 Å². The number of nitro groups is 3. The average Bonchev–Trinajstić information content (AvgIpc) is 0.723. The number of para-hydroxylation sites is 3. The zero-order chi connectivity index (χ0) is 75.0. The van der Waals surface area contributed by atoms with Gasteiger partial charge in [-0.2, -0.15) is 0 Å². The molecular formula is C54H61N4O37S5-5. The zero-order valence-electron chi connectivity index (χ0n) is 51.8. The van der Waals surface area contributed by atoms with Gasteiger partial charge in [0.05, 0.1) is 85.5 Å². The molecule has 0 aromatic heterocycles. The SMILES string of the molecule is O=C(CC12CC3CC(C1)CC(OC(=O)CS(=O)(=O)[O-])(C3)C2)OCc1ccccc1[N+](=O)[O-].O=C(CCC(NC(=O)OCCS(=O)(=O)[O-])C(=O)OCCS(=O)(=O)[O-])OCc1ccccc1[N+](=O)[O-].O=C(CCC(OC(=O)CS(=O)(=O)[O-])C(=O)OCCS(=O)(=O)[O-])OCc1ccccc1[N+](=O)[O-]. The maximum Gasteiger partial charge on any atom is 0.407 e.